The number of hydrogen-bond acceptors (Lipinski definition) is 7. The molecule has 8 heteroatoms. The molecule has 2 aliphatic rings. The van der Waals surface area contributed by atoms with E-state index in [2.05, 4.69) is 62.6 Å². The molecule has 3 aromatic rings. The molecule has 1 N–H and O–H groups in total. The molecular formula is C29H37N7O. The quantitative estimate of drug-likeness (QED) is 0.420. The first-order valence-corrected chi connectivity index (χ1v) is 13.5. The third-order valence-electron chi connectivity index (χ3n) is 7.90. The number of H-pyrrole nitrogens is 1. The molecule has 3 atom stereocenters. The van der Waals surface area contributed by atoms with E-state index in [0.717, 1.165) is 62.1 Å². The van der Waals surface area contributed by atoms with E-state index in [-0.39, 0.29) is 12.0 Å². The van der Waals surface area contributed by atoms with E-state index in [0.29, 0.717) is 17.5 Å². The molecule has 1 aromatic carbocycles. The van der Waals surface area contributed by atoms with Crippen molar-refractivity contribution in [3.8, 4) is 22.6 Å². The van der Waals surface area contributed by atoms with Crippen LogP contribution in [-0.2, 0) is 11.3 Å². The number of carbonyl (C=O) groups excluding carboxylic acids is 1. The lowest BCUT2D eigenvalue weighted by molar-refractivity contribution is -0.124. The Morgan fingerprint density at radius 1 is 1.14 bits per heavy atom. The zero-order chi connectivity index (χ0) is 25.8. The Morgan fingerprint density at radius 3 is 2.68 bits per heavy atom. The molecule has 0 spiro atoms. The number of unbranched alkanes of at least 4 members (excludes halogenated alkanes) is 1. The predicted octanol–water partition coefficient (Wildman–Crippen LogP) is 5.43. The number of Topliss-reactive ketones (excluding diaryl/α,β-unsaturated/α-hetero) is 1. The normalized spacial score (nSPS) is 21.8. The molecule has 0 bridgehead atoms. The first-order valence-electron chi connectivity index (χ1n) is 13.5. The van der Waals surface area contributed by atoms with Crippen molar-refractivity contribution in [1.29, 1.82) is 0 Å². The van der Waals surface area contributed by atoms with Gasteiger partial charge in [-0.3, -0.25) is 9.78 Å². The zero-order valence-corrected chi connectivity index (χ0v) is 22.1. The minimum Gasteiger partial charge on any atom is -0.354 e. The SMILES string of the molecule is CCCCC1=CN(C2C(C)CCCC2C(C)=O)CN1Cc1ccc(-c2ccccc2-c2nn[nH]n2)nc1. The van der Waals surface area contributed by atoms with E-state index in [9.17, 15) is 4.79 Å². The van der Waals surface area contributed by atoms with Crippen LogP contribution in [0.25, 0.3) is 22.6 Å². The largest absolute Gasteiger partial charge is 0.354 e. The Balaban J connectivity index is 1.34. The van der Waals surface area contributed by atoms with Gasteiger partial charge < -0.3 is 9.80 Å². The predicted molar refractivity (Wildman–Crippen MR) is 144 cm³/mol. The molecule has 1 aliphatic carbocycles. The van der Waals surface area contributed by atoms with Crippen molar-refractivity contribution in [2.24, 2.45) is 11.8 Å². The Morgan fingerprint density at radius 2 is 1.97 bits per heavy atom. The maximum atomic E-state index is 12.5. The minimum absolute atomic E-state index is 0.132. The second kappa shape index (κ2) is 11.2. The van der Waals surface area contributed by atoms with Crippen LogP contribution in [-0.4, -0.2) is 53.9 Å². The van der Waals surface area contributed by atoms with Gasteiger partial charge in [-0.15, -0.1) is 10.2 Å². The van der Waals surface area contributed by atoms with E-state index >= 15 is 0 Å². The lowest BCUT2D eigenvalue weighted by Crippen LogP contribution is -2.47. The lowest BCUT2D eigenvalue weighted by Gasteiger charge is -2.41. The van der Waals surface area contributed by atoms with Crippen LogP contribution in [0.2, 0.25) is 0 Å². The second-order valence-corrected chi connectivity index (χ2v) is 10.5. The number of tetrazole rings is 1. The summed E-state index contributed by atoms with van der Waals surface area (Å²) >= 11 is 0. The molecule has 5 rings (SSSR count). The summed E-state index contributed by atoms with van der Waals surface area (Å²) in [6.45, 7) is 7.96. The van der Waals surface area contributed by atoms with E-state index in [4.69, 9.17) is 4.98 Å². The van der Waals surface area contributed by atoms with Crippen LogP contribution >= 0.6 is 0 Å². The zero-order valence-electron chi connectivity index (χ0n) is 22.1. The van der Waals surface area contributed by atoms with Crippen LogP contribution < -0.4 is 0 Å². The van der Waals surface area contributed by atoms with Crippen molar-refractivity contribution in [2.45, 2.75) is 71.9 Å². The molecular weight excluding hydrogens is 462 g/mol. The molecule has 3 unspecified atom stereocenters. The van der Waals surface area contributed by atoms with Crippen molar-refractivity contribution in [2.75, 3.05) is 6.67 Å². The van der Waals surface area contributed by atoms with Crippen molar-refractivity contribution in [3.63, 3.8) is 0 Å². The highest BCUT2D eigenvalue weighted by atomic mass is 16.1. The second-order valence-electron chi connectivity index (χ2n) is 10.5. The highest BCUT2D eigenvalue weighted by molar-refractivity contribution is 5.79. The average molecular weight is 500 g/mol. The summed E-state index contributed by atoms with van der Waals surface area (Å²) in [6, 6.07) is 12.5. The maximum absolute atomic E-state index is 12.5. The number of pyridine rings is 1. The molecule has 37 heavy (non-hydrogen) atoms. The summed E-state index contributed by atoms with van der Waals surface area (Å²) in [4.78, 5) is 22.3. The molecule has 0 saturated heterocycles. The molecule has 0 radical (unpaired) electrons. The summed E-state index contributed by atoms with van der Waals surface area (Å²) in [6.07, 6.45) is 11.1. The number of carbonyl (C=O) groups is 1. The van der Waals surface area contributed by atoms with Crippen LogP contribution in [0.1, 0.15) is 64.9 Å². The number of aromatic nitrogens is 5. The molecule has 3 heterocycles. The first kappa shape index (κ1) is 25.1. The van der Waals surface area contributed by atoms with Gasteiger partial charge in [-0.2, -0.15) is 5.21 Å². The molecule has 0 amide bonds. The average Bonchev–Trinajstić information content (AvgIpc) is 3.58. The Bertz CT molecular complexity index is 1220. The van der Waals surface area contributed by atoms with Gasteiger partial charge in [-0.05, 0) is 55.4 Å². The number of nitrogens with zero attached hydrogens (tertiary/aromatic N) is 6. The summed E-state index contributed by atoms with van der Waals surface area (Å²) in [5.41, 5.74) is 5.30. The van der Waals surface area contributed by atoms with Gasteiger partial charge in [0.1, 0.15) is 5.78 Å². The Labute approximate surface area is 219 Å². The number of hydrogen-bond donors (Lipinski definition) is 1. The van der Waals surface area contributed by atoms with Crippen molar-refractivity contribution in [1.82, 2.24) is 35.4 Å². The molecule has 1 fully saturated rings. The fourth-order valence-electron chi connectivity index (χ4n) is 5.99. The summed E-state index contributed by atoms with van der Waals surface area (Å²) < 4.78 is 0. The monoisotopic (exact) mass is 499 g/mol. The standard InChI is InChI=1S/C29H37N7O/c1-4-5-10-23-18-36(28-20(2)9-8-13-24(28)21(3)37)19-35(23)17-22-14-15-27(30-16-22)25-11-6-7-12-26(25)29-31-33-34-32-29/h6-7,11-12,14-16,18,20,24,28H,4-5,8-10,13,17,19H2,1-3H3,(H,31,32,33,34). The summed E-state index contributed by atoms with van der Waals surface area (Å²) in [7, 11) is 0. The van der Waals surface area contributed by atoms with E-state index in [1.165, 1.54) is 17.7 Å². The van der Waals surface area contributed by atoms with E-state index < -0.39 is 0 Å². The number of nitrogens with one attached hydrogen (secondary N) is 1. The number of aromatic amines is 1. The van der Waals surface area contributed by atoms with E-state index in [1.807, 2.05) is 30.5 Å². The molecule has 2 aromatic heterocycles. The van der Waals surface area contributed by atoms with Gasteiger partial charge in [-0.25, -0.2) is 0 Å². The van der Waals surface area contributed by atoms with Crippen LogP contribution in [0.4, 0.5) is 0 Å². The van der Waals surface area contributed by atoms with Crippen LogP contribution in [0.15, 0.2) is 54.5 Å². The van der Waals surface area contributed by atoms with Gasteiger partial charge in [0.05, 0.1) is 12.4 Å². The van der Waals surface area contributed by atoms with Crippen LogP contribution in [0.5, 0.6) is 0 Å². The summed E-state index contributed by atoms with van der Waals surface area (Å²) in [5.74, 6) is 1.55. The topological polar surface area (TPSA) is 90.9 Å². The smallest absolute Gasteiger partial charge is 0.205 e. The van der Waals surface area contributed by atoms with Crippen LogP contribution in [0.3, 0.4) is 0 Å². The number of benzene rings is 1. The van der Waals surface area contributed by atoms with E-state index in [1.54, 1.807) is 6.92 Å². The van der Waals surface area contributed by atoms with Gasteiger partial charge in [0.2, 0.25) is 5.82 Å². The highest BCUT2D eigenvalue weighted by Gasteiger charge is 2.39. The highest BCUT2D eigenvalue weighted by Crippen LogP contribution is 2.37. The van der Waals surface area contributed by atoms with Crippen molar-refractivity contribution < 1.29 is 4.79 Å². The Kier molecular flexibility index (Phi) is 7.63. The summed E-state index contributed by atoms with van der Waals surface area (Å²) in [5, 5.41) is 14.5. The third kappa shape index (κ3) is 5.43. The number of ketones is 1. The lowest BCUT2D eigenvalue weighted by atomic mass is 9.75. The fraction of sp³-hybridized carbons (Fsp3) is 0.483. The van der Waals surface area contributed by atoms with Gasteiger partial charge >= 0.3 is 0 Å². The van der Waals surface area contributed by atoms with Crippen molar-refractivity contribution >= 4 is 5.78 Å². The Hall–Kier alpha value is -3.55. The molecule has 1 saturated carbocycles. The van der Waals surface area contributed by atoms with Crippen molar-refractivity contribution in [3.05, 3.63) is 60.1 Å². The molecule has 194 valence electrons. The first-order chi connectivity index (χ1) is 18.0. The minimum atomic E-state index is 0.132. The van der Waals surface area contributed by atoms with Gasteiger partial charge in [-0.1, -0.05) is 57.0 Å². The number of allylic oxidation sites excluding steroid dienone is 1. The van der Waals surface area contributed by atoms with Gasteiger partial charge in [0.15, 0.2) is 0 Å². The molecule has 8 nitrogen and oxygen atoms in total. The molecule has 1 aliphatic heterocycles. The number of rotatable bonds is 9. The van der Waals surface area contributed by atoms with Gasteiger partial charge in [0, 0.05) is 47.7 Å². The fourth-order valence-corrected chi connectivity index (χ4v) is 5.99. The van der Waals surface area contributed by atoms with Gasteiger partial charge in [0.25, 0.3) is 0 Å². The third-order valence-corrected chi connectivity index (χ3v) is 7.90. The van der Waals surface area contributed by atoms with Crippen LogP contribution in [0, 0.1) is 11.8 Å². The maximum Gasteiger partial charge on any atom is 0.205 e.